The molecule has 0 N–H and O–H groups in total. The summed E-state index contributed by atoms with van der Waals surface area (Å²) >= 11 is 0. The van der Waals surface area contributed by atoms with Gasteiger partial charge in [0.15, 0.2) is 17.5 Å². The smallest absolute Gasteiger partial charge is 0.164 e. The molecule has 260 valence electrons. The first-order chi connectivity index (χ1) is 27.8. The van der Waals surface area contributed by atoms with Crippen LogP contribution in [0, 0.1) is 0 Å². The Hall–Kier alpha value is -7.43. The number of fused-ring (bicyclic) bond motifs is 15. The second kappa shape index (κ2) is 11.8. The molecular formula is C52H31N3O. The number of rotatable bonds is 3. The largest absolute Gasteiger partial charge is 0.456 e. The van der Waals surface area contributed by atoms with Gasteiger partial charge in [-0.1, -0.05) is 170 Å². The van der Waals surface area contributed by atoms with E-state index in [4.69, 9.17) is 19.4 Å². The molecule has 2 heterocycles. The van der Waals surface area contributed by atoms with E-state index in [1.54, 1.807) is 0 Å². The number of aromatic nitrogens is 3. The van der Waals surface area contributed by atoms with Gasteiger partial charge in [0.2, 0.25) is 0 Å². The summed E-state index contributed by atoms with van der Waals surface area (Å²) in [7, 11) is 0. The van der Waals surface area contributed by atoms with Gasteiger partial charge in [-0.3, -0.25) is 0 Å². The summed E-state index contributed by atoms with van der Waals surface area (Å²) in [5, 5.41) is 2.03. The fraction of sp³-hybridized carbons (Fsp3) is 0.0192. The molecular weight excluding hydrogens is 683 g/mol. The Kier molecular flexibility index (Phi) is 6.52. The van der Waals surface area contributed by atoms with Gasteiger partial charge in [-0.15, -0.1) is 0 Å². The molecule has 4 nitrogen and oxygen atoms in total. The fourth-order valence-corrected chi connectivity index (χ4v) is 9.49. The summed E-state index contributed by atoms with van der Waals surface area (Å²) in [4.78, 5) is 15.7. The molecule has 0 saturated heterocycles. The molecule has 0 saturated carbocycles. The van der Waals surface area contributed by atoms with Crippen molar-refractivity contribution < 1.29 is 4.42 Å². The van der Waals surface area contributed by atoms with Gasteiger partial charge < -0.3 is 4.42 Å². The minimum atomic E-state index is -0.548. The predicted octanol–water partition coefficient (Wildman–Crippen LogP) is 12.8. The fourth-order valence-electron chi connectivity index (χ4n) is 9.49. The highest BCUT2D eigenvalue weighted by atomic mass is 16.3. The summed E-state index contributed by atoms with van der Waals surface area (Å²) in [5.41, 5.74) is 16.3. The maximum atomic E-state index is 6.30. The highest BCUT2D eigenvalue weighted by Crippen LogP contribution is 2.61. The zero-order valence-corrected chi connectivity index (χ0v) is 30.1. The number of para-hydroxylation sites is 1. The molecule has 12 rings (SSSR count). The van der Waals surface area contributed by atoms with Crippen molar-refractivity contribution in [3.05, 3.63) is 210 Å². The van der Waals surface area contributed by atoms with Crippen molar-refractivity contribution in [2.24, 2.45) is 0 Å². The lowest BCUT2D eigenvalue weighted by molar-refractivity contribution is 0.669. The zero-order valence-electron chi connectivity index (χ0n) is 30.1. The van der Waals surface area contributed by atoms with Gasteiger partial charge in [0.25, 0.3) is 0 Å². The molecule has 0 fully saturated rings. The highest BCUT2D eigenvalue weighted by Gasteiger charge is 2.49. The first kappa shape index (κ1) is 31.0. The van der Waals surface area contributed by atoms with Gasteiger partial charge in [-0.05, 0) is 73.8 Å². The summed E-state index contributed by atoms with van der Waals surface area (Å²) in [5.74, 6) is 1.83. The molecule has 2 aliphatic rings. The predicted molar refractivity (Wildman–Crippen MR) is 225 cm³/mol. The molecule has 0 atom stereocenters. The third-order valence-electron chi connectivity index (χ3n) is 11.8. The molecule has 0 amide bonds. The topological polar surface area (TPSA) is 51.8 Å². The van der Waals surface area contributed by atoms with Crippen LogP contribution in [0.4, 0.5) is 0 Å². The van der Waals surface area contributed by atoms with Gasteiger partial charge in [0.05, 0.1) is 5.41 Å². The second-order valence-electron chi connectivity index (χ2n) is 14.6. The third kappa shape index (κ3) is 4.27. The quantitative estimate of drug-likeness (QED) is 0.183. The maximum Gasteiger partial charge on any atom is 0.164 e. The van der Waals surface area contributed by atoms with Crippen molar-refractivity contribution in [1.29, 1.82) is 0 Å². The minimum absolute atomic E-state index is 0.548. The van der Waals surface area contributed by atoms with Gasteiger partial charge in [0.1, 0.15) is 11.2 Å². The van der Waals surface area contributed by atoms with E-state index in [1.807, 2.05) is 48.5 Å². The molecule has 0 radical (unpaired) electrons. The van der Waals surface area contributed by atoms with E-state index in [0.29, 0.717) is 17.5 Å². The molecule has 56 heavy (non-hydrogen) atoms. The van der Waals surface area contributed by atoms with E-state index >= 15 is 0 Å². The average molecular weight is 714 g/mol. The average Bonchev–Trinajstić information content (AvgIpc) is 3.77. The third-order valence-corrected chi connectivity index (χ3v) is 11.8. The van der Waals surface area contributed by atoms with E-state index in [1.165, 1.54) is 50.1 Å². The van der Waals surface area contributed by atoms with Crippen molar-refractivity contribution in [2.75, 3.05) is 0 Å². The summed E-state index contributed by atoms with van der Waals surface area (Å²) in [6, 6.07) is 67.0. The van der Waals surface area contributed by atoms with E-state index in [0.717, 1.165) is 44.2 Å². The molecule has 8 aromatic carbocycles. The number of hydrogen-bond acceptors (Lipinski definition) is 4. The number of furan rings is 1. The number of hydrogen-bond donors (Lipinski definition) is 0. The van der Waals surface area contributed by atoms with Crippen LogP contribution in [0.1, 0.15) is 22.3 Å². The van der Waals surface area contributed by atoms with Crippen LogP contribution in [0.15, 0.2) is 192 Å². The van der Waals surface area contributed by atoms with Gasteiger partial charge in [-0.25, -0.2) is 15.0 Å². The van der Waals surface area contributed by atoms with Gasteiger partial charge in [0, 0.05) is 27.5 Å². The summed E-state index contributed by atoms with van der Waals surface area (Å²) in [6.45, 7) is 0. The summed E-state index contributed by atoms with van der Waals surface area (Å²) in [6.07, 6.45) is 0. The van der Waals surface area contributed by atoms with E-state index in [9.17, 15) is 0 Å². The zero-order chi connectivity index (χ0) is 36.8. The van der Waals surface area contributed by atoms with Crippen molar-refractivity contribution in [3.8, 4) is 67.5 Å². The number of nitrogens with zero attached hydrogens (tertiary/aromatic N) is 3. The molecule has 1 spiro atoms. The Bertz CT molecular complexity index is 3170. The van der Waals surface area contributed by atoms with Crippen LogP contribution < -0.4 is 0 Å². The van der Waals surface area contributed by atoms with Crippen LogP contribution >= 0.6 is 0 Å². The van der Waals surface area contributed by atoms with Crippen LogP contribution in [0.25, 0.3) is 89.5 Å². The highest BCUT2D eigenvalue weighted by molar-refractivity contribution is 6.11. The molecule has 0 bridgehead atoms. The first-order valence-corrected chi connectivity index (χ1v) is 19.0. The van der Waals surface area contributed by atoms with E-state index < -0.39 is 5.41 Å². The van der Waals surface area contributed by atoms with E-state index in [2.05, 4.69) is 140 Å². The molecule has 10 aromatic rings. The Morgan fingerprint density at radius 2 is 0.804 bits per heavy atom. The SMILES string of the molecule is c1ccc(-c2nc(-c3ccc4c(c3)-c3ccccc3-c3ccccc3C43c4ccccc4-c4ccccc43)nc(-c3cccc4oc5ccccc5c34)n2)cc1. The Morgan fingerprint density at radius 3 is 1.50 bits per heavy atom. The van der Waals surface area contributed by atoms with Gasteiger partial charge >= 0.3 is 0 Å². The Morgan fingerprint density at radius 1 is 0.321 bits per heavy atom. The van der Waals surface area contributed by atoms with Crippen molar-refractivity contribution >= 4 is 21.9 Å². The number of benzene rings is 8. The first-order valence-electron chi connectivity index (χ1n) is 19.0. The molecule has 4 heteroatoms. The van der Waals surface area contributed by atoms with Crippen LogP contribution in [0.2, 0.25) is 0 Å². The van der Waals surface area contributed by atoms with Crippen LogP contribution in [0.3, 0.4) is 0 Å². The van der Waals surface area contributed by atoms with E-state index in [-0.39, 0.29) is 0 Å². The van der Waals surface area contributed by atoms with Crippen LogP contribution in [-0.4, -0.2) is 15.0 Å². The monoisotopic (exact) mass is 713 g/mol. The lowest BCUT2D eigenvalue weighted by atomic mass is 9.66. The van der Waals surface area contributed by atoms with Crippen molar-refractivity contribution in [3.63, 3.8) is 0 Å². The molecule has 2 aliphatic carbocycles. The molecule has 0 aliphatic heterocycles. The lowest BCUT2D eigenvalue weighted by Crippen LogP contribution is -2.29. The Labute approximate surface area is 323 Å². The minimum Gasteiger partial charge on any atom is -0.456 e. The second-order valence-corrected chi connectivity index (χ2v) is 14.6. The normalized spacial score (nSPS) is 13.1. The molecule has 0 unspecified atom stereocenters. The van der Waals surface area contributed by atoms with Crippen LogP contribution in [0.5, 0.6) is 0 Å². The summed E-state index contributed by atoms with van der Waals surface area (Å²) < 4.78 is 6.30. The van der Waals surface area contributed by atoms with Crippen molar-refractivity contribution in [2.45, 2.75) is 5.41 Å². The van der Waals surface area contributed by atoms with Gasteiger partial charge in [-0.2, -0.15) is 0 Å². The lowest BCUT2D eigenvalue weighted by Gasteiger charge is -2.35. The van der Waals surface area contributed by atoms with Crippen molar-refractivity contribution in [1.82, 2.24) is 15.0 Å². The van der Waals surface area contributed by atoms with Crippen LogP contribution in [-0.2, 0) is 5.41 Å². The maximum absolute atomic E-state index is 6.30. The molecule has 2 aromatic heterocycles. The Balaban J connectivity index is 1.16. The standard InChI is InChI=1S/C52H31N3O/c1-2-15-32(16-3-1)49-53-50(55-51(54-49)40-23-14-28-47-48(40)39-22-9-13-27-46(39)56-47)33-29-30-45-41(31-33)35-18-5-4-17-34(35)36-19-6-10-24-42(36)52(45)43-25-11-7-20-37(43)38-21-8-12-26-44(38)52/h1-31H.